The standard InChI is InChI=1S/C36H58BrN5O7/c1-14-32(9,38-25(43)23-19-21-24(37)22-20-23)26(44)39-33(10,15-2)27(45)40-34(11,16-3)28(46)41-35(12,17-4)29(47)42-36(13,18-5)30(48)49-31(6,7)8/h19-22H,14-18H2,1-13H3,(H,38,43)(H,39,44)(H,40,45)(H,41,46)(H,42,47)/t32-,33+,34-,35+,36-/m1/s1. The average Bonchev–Trinajstić information content (AvgIpc) is 3.03. The van der Waals surface area contributed by atoms with Gasteiger partial charge in [-0.25, -0.2) is 4.79 Å². The summed E-state index contributed by atoms with van der Waals surface area (Å²) in [5, 5.41) is 14.0. The second kappa shape index (κ2) is 16.5. The number of nitrogens with one attached hydrogen (secondary N) is 5. The minimum Gasteiger partial charge on any atom is -0.458 e. The fraction of sp³-hybridized carbons (Fsp3) is 0.667. The summed E-state index contributed by atoms with van der Waals surface area (Å²) < 4.78 is 6.34. The molecule has 1 rings (SSSR count). The Kier molecular flexibility index (Phi) is 14.6. The Morgan fingerprint density at radius 3 is 1.08 bits per heavy atom. The Hall–Kier alpha value is -3.48. The normalized spacial score (nSPS) is 17.7. The predicted octanol–water partition coefficient (Wildman–Crippen LogP) is 4.83. The molecule has 49 heavy (non-hydrogen) atoms. The van der Waals surface area contributed by atoms with Crippen LogP contribution < -0.4 is 26.6 Å². The first-order chi connectivity index (χ1) is 22.3. The number of benzene rings is 1. The molecule has 276 valence electrons. The second-order valence-electron chi connectivity index (χ2n) is 14.7. The number of amides is 5. The van der Waals surface area contributed by atoms with E-state index in [0.717, 1.165) is 4.47 Å². The van der Waals surface area contributed by atoms with Crippen LogP contribution in [0.4, 0.5) is 0 Å². The van der Waals surface area contributed by atoms with Gasteiger partial charge in [-0.05, 0) is 112 Å². The summed E-state index contributed by atoms with van der Waals surface area (Å²) in [4.78, 5) is 81.0. The monoisotopic (exact) mass is 751 g/mol. The van der Waals surface area contributed by atoms with Crippen LogP contribution in [0.25, 0.3) is 0 Å². The Balaban J connectivity index is 3.21. The topological polar surface area (TPSA) is 172 Å². The maximum Gasteiger partial charge on any atom is 0.332 e. The van der Waals surface area contributed by atoms with E-state index in [-0.39, 0.29) is 32.1 Å². The molecule has 5 atom stereocenters. The van der Waals surface area contributed by atoms with E-state index in [2.05, 4.69) is 42.5 Å². The molecule has 12 nitrogen and oxygen atoms in total. The molecule has 0 aliphatic carbocycles. The van der Waals surface area contributed by atoms with Gasteiger partial charge in [-0.3, -0.25) is 24.0 Å². The van der Waals surface area contributed by atoms with Crippen molar-refractivity contribution in [3.05, 3.63) is 34.3 Å². The third kappa shape index (κ3) is 11.0. The minimum absolute atomic E-state index is 0.153. The van der Waals surface area contributed by atoms with Gasteiger partial charge in [0.15, 0.2) is 0 Å². The first-order valence-corrected chi connectivity index (χ1v) is 17.7. The smallest absolute Gasteiger partial charge is 0.332 e. The van der Waals surface area contributed by atoms with E-state index >= 15 is 0 Å². The van der Waals surface area contributed by atoms with Crippen LogP contribution in [0.15, 0.2) is 28.7 Å². The van der Waals surface area contributed by atoms with Gasteiger partial charge in [0.2, 0.25) is 23.6 Å². The molecule has 5 amide bonds. The minimum atomic E-state index is -1.49. The number of hydrogen-bond acceptors (Lipinski definition) is 7. The molecule has 0 aliphatic heterocycles. The van der Waals surface area contributed by atoms with Crippen molar-refractivity contribution in [2.45, 2.75) is 155 Å². The highest BCUT2D eigenvalue weighted by Gasteiger charge is 2.47. The Morgan fingerprint density at radius 2 is 0.796 bits per heavy atom. The van der Waals surface area contributed by atoms with Crippen molar-refractivity contribution >= 4 is 51.4 Å². The average molecular weight is 753 g/mol. The summed E-state index contributed by atoms with van der Waals surface area (Å²) in [6.07, 6.45) is 0.982. The van der Waals surface area contributed by atoms with Crippen LogP contribution in [0.3, 0.4) is 0 Å². The van der Waals surface area contributed by atoms with Crippen molar-refractivity contribution in [2.24, 2.45) is 0 Å². The van der Waals surface area contributed by atoms with Gasteiger partial charge in [0, 0.05) is 10.0 Å². The fourth-order valence-electron chi connectivity index (χ4n) is 4.38. The molecule has 0 spiro atoms. The molecule has 0 unspecified atom stereocenters. The van der Waals surface area contributed by atoms with Crippen LogP contribution in [0.5, 0.6) is 0 Å². The molecule has 13 heteroatoms. The summed E-state index contributed by atoms with van der Waals surface area (Å²) in [6, 6.07) is 6.70. The van der Waals surface area contributed by atoms with Gasteiger partial charge in [0.05, 0.1) is 0 Å². The van der Waals surface area contributed by atoms with Crippen molar-refractivity contribution in [3.63, 3.8) is 0 Å². The highest BCUT2D eigenvalue weighted by molar-refractivity contribution is 9.10. The van der Waals surface area contributed by atoms with Gasteiger partial charge in [0.25, 0.3) is 5.91 Å². The number of rotatable bonds is 16. The molecule has 0 saturated heterocycles. The van der Waals surface area contributed by atoms with E-state index < -0.39 is 68.8 Å². The number of halogens is 1. The summed E-state index contributed by atoms with van der Waals surface area (Å²) >= 11 is 3.34. The van der Waals surface area contributed by atoms with Crippen molar-refractivity contribution < 1.29 is 33.5 Å². The van der Waals surface area contributed by atoms with Crippen LogP contribution in [0.1, 0.15) is 132 Å². The summed E-state index contributed by atoms with van der Waals surface area (Å²) in [5.74, 6) is -3.44. The molecule has 0 aromatic heterocycles. The van der Waals surface area contributed by atoms with Gasteiger partial charge >= 0.3 is 5.97 Å². The zero-order valence-corrected chi connectivity index (χ0v) is 33.2. The Bertz CT molecular complexity index is 1400. The molecule has 5 N–H and O–H groups in total. The number of hydrogen-bond donors (Lipinski definition) is 5. The van der Waals surface area contributed by atoms with Crippen LogP contribution >= 0.6 is 15.9 Å². The zero-order valence-electron chi connectivity index (χ0n) is 31.6. The van der Waals surface area contributed by atoms with E-state index in [1.807, 2.05) is 0 Å². The van der Waals surface area contributed by atoms with Crippen LogP contribution in [0.2, 0.25) is 0 Å². The van der Waals surface area contributed by atoms with Crippen LogP contribution in [-0.4, -0.2) is 68.8 Å². The van der Waals surface area contributed by atoms with E-state index in [1.54, 1.807) is 107 Å². The lowest BCUT2D eigenvalue weighted by atomic mass is 9.88. The summed E-state index contributed by atoms with van der Waals surface area (Å²) in [7, 11) is 0. The quantitative estimate of drug-likeness (QED) is 0.151. The molecular formula is C36H58BrN5O7. The largest absolute Gasteiger partial charge is 0.458 e. The molecule has 0 heterocycles. The van der Waals surface area contributed by atoms with E-state index in [4.69, 9.17) is 4.74 Å². The number of esters is 1. The Morgan fingerprint density at radius 1 is 0.510 bits per heavy atom. The number of ether oxygens (including phenoxy) is 1. The van der Waals surface area contributed by atoms with Gasteiger partial charge in [0.1, 0.15) is 33.3 Å². The highest BCUT2D eigenvalue weighted by atomic mass is 79.9. The molecular weight excluding hydrogens is 694 g/mol. The van der Waals surface area contributed by atoms with Crippen molar-refractivity contribution in [2.75, 3.05) is 0 Å². The molecule has 1 aromatic carbocycles. The van der Waals surface area contributed by atoms with Gasteiger partial charge in [-0.1, -0.05) is 50.5 Å². The van der Waals surface area contributed by atoms with E-state index in [0.29, 0.717) is 5.56 Å². The summed E-state index contributed by atoms with van der Waals surface area (Å²) in [6.45, 7) is 21.7. The molecule has 0 aliphatic rings. The van der Waals surface area contributed by atoms with Crippen molar-refractivity contribution in [1.29, 1.82) is 0 Å². The molecule has 0 radical (unpaired) electrons. The van der Waals surface area contributed by atoms with E-state index in [9.17, 15) is 28.8 Å². The maximum absolute atomic E-state index is 13.9. The third-order valence-corrected chi connectivity index (χ3v) is 9.97. The van der Waals surface area contributed by atoms with Crippen LogP contribution in [-0.2, 0) is 28.7 Å². The zero-order chi connectivity index (χ0) is 38.2. The second-order valence-corrected chi connectivity index (χ2v) is 15.6. The molecule has 1 aromatic rings. The molecule has 0 saturated carbocycles. The lowest BCUT2D eigenvalue weighted by Crippen LogP contribution is -2.70. The number of carbonyl (C=O) groups excluding carboxylic acids is 6. The first-order valence-electron chi connectivity index (χ1n) is 16.9. The van der Waals surface area contributed by atoms with Crippen molar-refractivity contribution in [3.8, 4) is 0 Å². The van der Waals surface area contributed by atoms with Gasteiger partial charge in [-0.15, -0.1) is 0 Å². The maximum atomic E-state index is 13.9. The first kappa shape index (κ1) is 43.5. The molecule has 0 bridgehead atoms. The highest BCUT2D eigenvalue weighted by Crippen LogP contribution is 2.23. The van der Waals surface area contributed by atoms with E-state index in [1.165, 1.54) is 6.92 Å². The molecule has 0 fully saturated rings. The lowest BCUT2D eigenvalue weighted by Gasteiger charge is -2.40. The van der Waals surface area contributed by atoms with Crippen LogP contribution in [0, 0.1) is 0 Å². The third-order valence-electron chi connectivity index (χ3n) is 9.44. The SMILES string of the molecule is CC[C@@](C)(NC(=O)c1ccc(Br)cc1)C(=O)N[C@@](C)(CC)C(=O)N[C@](C)(CC)C(=O)N[C@@](C)(CC)C(=O)N[C@](C)(CC)C(=O)OC(C)(C)C. The number of carbonyl (C=O) groups is 6. The van der Waals surface area contributed by atoms with Gasteiger partial charge in [-0.2, -0.15) is 0 Å². The fourth-order valence-corrected chi connectivity index (χ4v) is 4.64. The predicted molar refractivity (Wildman–Crippen MR) is 194 cm³/mol. The lowest BCUT2D eigenvalue weighted by molar-refractivity contribution is -0.164. The summed E-state index contributed by atoms with van der Waals surface area (Å²) in [5.41, 5.74) is -7.50. The van der Waals surface area contributed by atoms with Crippen molar-refractivity contribution in [1.82, 2.24) is 26.6 Å². The van der Waals surface area contributed by atoms with Gasteiger partial charge < -0.3 is 31.3 Å². The Labute approximate surface area is 300 Å².